The summed E-state index contributed by atoms with van der Waals surface area (Å²) in [5, 5.41) is 0. The molecule has 0 aromatic rings. The largest absolute Gasteiger partial charge is 0.374 e. The Kier molecular flexibility index (Phi) is 1.05. The van der Waals surface area contributed by atoms with Gasteiger partial charge >= 0.3 is 0 Å². The predicted octanol–water partition coefficient (Wildman–Crippen LogP) is 2.21. The van der Waals surface area contributed by atoms with Crippen LogP contribution in [0.5, 0.6) is 0 Å². The van der Waals surface area contributed by atoms with Gasteiger partial charge in [-0.3, -0.25) is 0 Å². The van der Waals surface area contributed by atoms with Gasteiger partial charge in [-0.25, -0.2) is 0 Å². The van der Waals surface area contributed by atoms with Gasteiger partial charge in [-0.1, -0.05) is 20.8 Å². The molecule has 2 atom stereocenters. The van der Waals surface area contributed by atoms with Crippen LogP contribution >= 0.6 is 0 Å². The molecule has 1 aliphatic heterocycles. The number of hydrogen-bond donors (Lipinski definition) is 0. The van der Waals surface area contributed by atoms with Gasteiger partial charge in [-0.15, -0.1) is 0 Å². The lowest BCUT2D eigenvalue weighted by molar-refractivity contribution is -0.0935. The Balaban J connectivity index is 2.01. The summed E-state index contributed by atoms with van der Waals surface area (Å²) in [6.45, 7) is 7.95. The van der Waals surface area contributed by atoms with E-state index in [1.165, 1.54) is 12.8 Å². The van der Waals surface area contributed by atoms with E-state index in [0.29, 0.717) is 11.0 Å². The molecule has 0 N–H and O–H groups in total. The molecule has 2 fully saturated rings. The van der Waals surface area contributed by atoms with E-state index in [0.717, 1.165) is 12.5 Å². The molecule has 0 aromatic heterocycles. The van der Waals surface area contributed by atoms with Crippen molar-refractivity contribution in [2.24, 2.45) is 11.3 Å². The van der Waals surface area contributed by atoms with Crippen molar-refractivity contribution in [2.45, 2.75) is 39.2 Å². The van der Waals surface area contributed by atoms with Gasteiger partial charge in [0.05, 0.1) is 12.2 Å². The van der Waals surface area contributed by atoms with E-state index < -0.39 is 0 Å². The maximum atomic E-state index is 5.57. The Bertz CT molecular complexity index is 151. The van der Waals surface area contributed by atoms with Gasteiger partial charge in [0.25, 0.3) is 0 Å². The summed E-state index contributed by atoms with van der Waals surface area (Å²) in [5.74, 6) is 0.841. The Morgan fingerprint density at radius 3 is 2.10 bits per heavy atom. The quantitative estimate of drug-likeness (QED) is 0.501. The topological polar surface area (TPSA) is 9.23 Å². The lowest BCUT2D eigenvalue weighted by Crippen LogP contribution is -2.34. The van der Waals surface area contributed by atoms with Gasteiger partial charge in [-0.05, 0) is 17.8 Å². The highest BCUT2D eigenvalue weighted by Crippen LogP contribution is 2.61. The van der Waals surface area contributed by atoms with Crippen LogP contribution in [0.1, 0.15) is 33.6 Å². The van der Waals surface area contributed by atoms with Crippen LogP contribution in [-0.2, 0) is 4.74 Å². The number of ether oxygens (including phenoxy) is 1. The van der Waals surface area contributed by atoms with Gasteiger partial charge in [0.1, 0.15) is 0 Å². The molecular weight excluding hydrogens is 124 g/mol. The molecular formula is C9H16O. The zero-order valence-corrected chi connectivity index (χ0v) is 7.11. The maximum Gasteiger partial charge on any atom is 0.0742 e. The highest BCUT2D eigenvalue weighted by Gasteiger charge is 2.63. The third kappa shape index (κ3) is 0.731. The highest BCUT2D eigenvalue weighted by molar-refractivity contribution is 5.13. The fraction of sp³-hybridized carbons (Fsp3) is 1.00. The average molecular weight is 140 g/mol. The molecule has 0 bridgehead atoms. The zero-order valence-electron chi connectivity index (χ0n) is 7.11. The first-order chi connectivity index (χ1) is 4.55. The minimum Gasteiger partial charge on any atom is -0.374 e. The van der Waals surface area contributed by atoms with Crippen molar-refractivity contribution in [1.29, 1.82) is 0 Å². The van der Waals surface area contributed by atoms with Crippen molar-refractivity contribution < 1.29 is 4.74 Å². The minimum absolute atomic E-state index is 0.373. The van der Waals surface area contributed by atoms with Gasteiger partial charge in [0.2, 0.25) is 0 Å². The van der Waals surface area contributed by atoms with Crippen molar-refractivity contribution in [3.63, 3.8) is 0 Å². The summed E-state index contributed by atoms with van der Waals surface area (Å²) < 4.78 is 5.57. The molecule has 0 amide bonds. The van der Waals surface area contributed by atoms with Crippen molar-refractivity contribution >= 4 is 0 Å². The van der Waals surface area contributed by atoms with Crippen molar-refractivity contribution in [1.82, 2.24) is 0 Å². The lowest BCUT2D eigenvalue weighted by Gasteiger charge is -2.32. The van der Waals surface area contributed by atoms with Gasteiger partial charge in [0, 0.05) is 6.42 Å². The summed E-state index contributed by atoms with van der Waals surface area (Å²) in [4.78, 5) is 0. The molecule has 2 rings (SSSR count). The molecule has 0 radical (unpaired) electrons. The molecule has 1 heterocycles. The van der Waals surface area contributed by atoms with E-state index in [4.69, 9.17) is 4.74 Å². The van der Waals surface area contributed by atoms with Crippen LogP contribution in [0.25, 0.3) is 0 Å². The first kappa shape index (κ1) is 6.66. The van der Waals surface area contributed by atoms with E-state index in [-0.39, 0.29) is 0 Å². The second-order valence-electron chi connectivity index (χ2n) is 4.79. The van der Waals surface area contributed by atoms with Crippen LogP contribution in [0, 0.1) is 11.3 Å². The monoisotopic (exact) mass is 140 g/mol. The Hall–Kier alpha value is -0.0400. The molecule has 0 aromatic carbocycles. The molecule has 1 nitrogen and oxygen atoms in total. The van der Waals surface area contributed by atoms with Crippen molar-refractivity contribution in [3.8, 4) is 0 Å². The fourth-order valence-corrected chi connectivity index (χ4v) is 2.18. The fourth-order valence-electron chi connectivity index (χ4n) is 2.18. The SMILES string of the molecule is CC(C)(C)C1CC12CCO2. The van der Waals surface area contributed by atoms with Gasteiger partial charge < -0.3 is 4.74 Å². The molecule has 1 heteroatoms. The number of hydrogen-bond acceptors (Lipinski definition) is 1. The van der Waals surface area contributed by atoms with Crippen LogP contribution in [-0.4, -0.2) is 12.2 Å². The molecule has 1 saturated heterocycles. The summed E-state index contributed by atoms with van der Waals surface area (Å²) in [6.07, 6.45) is 2.63. The van der Waals surface area contributed by atoms with Gasteiger partial charge in [0.15, 0.2) is 0 Å². The van der Waals surface area contributed by atoms with Gasteiger partial charge in [-0.2, -0.15) is 0 Å². The standard InChI is InChI=1S/C9H16O/c1-8(2,3)7-6-9(7)4-5-10-9/h7H,4-6H2,1-3H3. The first-order valence-corrected chi connectivity index (χ1v) is 4.19. The summed E-state index contributed by atoms with van der Waals surface area (Å²) >= 11 is 0. The minimum atomic E-state index is 0.373. The van der Waals surface area contributed by atoms with Crippen LogP contribution in [0.15, 0.2) is 0 Å². The summed E-state index contributed by atoms with van der Waals surface area (Å²) in [6, 6.07) is 0. The Morgan fingerprint density at radius 2 is 2.00 bits per heavy atom. The smallest absolute Gasteiger partial charge is 0.0742 e. The third-order valence-electron chi connectivity index (χ3n) is 2.98. The Morgan fingerprint density at radius 1 is 1.40 bits per heavy atom. The predicted molar refractivity (Wildman–Crippen MR) is 40.9 cm³/mol. The van der Waals surface area contributed by atoms with E-state index in [1.807, 2.05) is 0 Å². The van der Waals surface area contributed by atoms with Crippen LogP contribution in [0.2, 0.25) is 0 Å². The lowest BCUT2D eigenvalue weighted by atomic mass is 9.86. The van der Waals surface area contributed by atoms with Crippen molar-refractivity contribution in [2.75, 3.05) is 6.61 Å². The van der Waals surface area contributed by atoms with E-state index >= 15 is 0 Å². The third-order valence-corrected chi connectivity index (χ3v) is 2.98. The van der Waals surface area contributed by atoms with E-state index in [9.17, 15) is 0 Å². The Labute approximate surface area is 62.8 Å². The molecule has 2 aliphatic rings. The van der Waals surface area contributed by atoms with Crippen LogP contribution < -0.4 is 0 Å². The summed E-state index contributed by atoms with van der Waals surface area (Å²) in [7, 11) is 0. The van der Waals surface area contributed by atoms with Crippen LogP contribution in [0.3, 0.4) is 0 Å². The summed E-state index contributed by atoms with van der Waals surface area (Å²) in [5.41, 5.74) is 0.846. The first-order valence-electron chi connectivity index (χ1n) is 4.19. The zero-order chi connectivity index (χ0) is 7.41. The van der Waals surface area contributed by atoms with E-state index in [2.05, 4.69) is 20.8 Å². The molecule has 58 valence electrons. The molecule has 1 spiro atoms. The maximum absolute atomic E-state index is 5.57. The number of rotatable bonds is 0. The molecule has 2 unspecified atom stereocenters. The van der Waals surface area contributed by atoms with Crippen molar-refractivity contribution in [3.05, 3.63) is 0 Å². The second-order valence-corrected chi connectivity index (χ2v) is 4.79. The molecule has 1 aliphatic carbocycles. The molecule has 1 saturated carbocycles. The second kappa shape index (κ2) is 1.58. The average Bonchev–Trinajstić information content (AvgIpc) is 2.30. The van der Waals surface area contributed by atoms with Crippen LogP contribution in [0.4, 0.5) is 0 Å². The highest BCUT2D eigenvalue weighted by atomic mass is 16.5. The normalized spacial score (nSPS) is 45.3. The van der Waals surface area contributed by atoms with E-state index in [1.54, 1.807) is 0 Å². The molecule has 10 heavy (non-hydrogen) atoms.